The smallest absolute Gasteiger partial charge is 0.312 e. The Morgan fingerprint density at radius 3 is 1.62 bits per heavy atom. The van der Waals surface area contributed by atoms with Crippen LogP contribution in [0, 0.1) is 17.8 Å². The van der Waals surface area contributed by atoms with Gasteiger partial charge < -0.3 is 9.05 Å². The van der Waals surface area contributed by atoms with Gasteiger partial charge in [0.15, 0.2) is 0 Å². The molecule has 0 amide bonds. The summed E-state index contributed by atoms with van der Waals surface area (Å²) in [7, 11) is 0.208. The molecule has 0 aliphatic heterocycles. The van der Waals surface area contributed by atoms with Crippen molar-refractivity contribution >= 4 is 7.60 Å². The highest BCUT2D eigenvalue weighted by molar-refractivity contribution is 7.55. The van der Waals surface area contributed by atoms with Crippen molar-refractivity contribution in [2.24, 2.45) is 17.8 Å². The summed E-state index contributed by atoms with van der Waals surface area (Å²) < 4.78 is 23.4. The molecule has 4 heteroatoms. The van der Waals surface area contributed by atoms with E-state index in [0.29, 0.717) is 0 Å². The third kappa shape index (κ3) is 1.38. The molecule has 16 heavy (non-hydrogen) atoms. The van der Waals surface area contributed by atoms with E-state index in [1.807, 2.05) is 0 Å². The molecule has 0 saturated heterocycles. The zero-order valence-electron chi connectivity index (χ0n) is 10.1. The lowest BCUT2D eigenvalue weighted by Crippen LogP contribution is -2.50. The van der Waals surface area contributed by atoms with Gasteiger partial charge in [0.05, 0.1) is 5.16 Å². The van der Waals surface area contributed by atoms with Gasteiger partial charge in [-0.25, -0.2) is 0 Å². The van der Waals surface area contributed by atoms with Crippen LogP contribution in [-0.4, -0.2) is 19.4 Å². The maximum atomic E-state index is 12.8. The molecule has 4 aliphatic carbocycles. The zero-order valence-corrected chi connectivity index (χ0v) is 11.0. The molecule has 92 valence electrons. The van der Waals surface area contributed by atoms with Gasteiger partial charge in [-0.2, -0.15) is 0 Å². The summed E-state index contributed by atoms with van der Waals surface area (Å²) >= 11 is 0. The van der Waals surface area contributed by atoms with Crippen molar-refractivity contribution in [2.45, 2.75) is 43.7 Å². The van der Waals surface area contributed by atoms with Crippen LogP contribution in [0.5, 0.6) is 0 Å². The Labute approximate surface area is 97.4 Å². The molecule has 4 aliphatic rings. The first-order chi connectivity index (χ1) is 7.61. The minimum Gasteiger partial charge on any atom is -0.312 e. The highest BCUT2D eigenvalue weighted by atomic mass is 31.2. The Morgan fingerprint density at radius 2 is 1.31 bits per heavy atom. The van der Waals surface area contributed by atoms with E-state index in [1.54, 1.807) is 14.2 Å². The van der Waals surface area contributed by atoms with Crippen LogP contribution in [0.2, 0.25) is 0 Å². The van der Waals surface area contributed by atoms with Gasteiger partial charge in [0.25, 0.3) is 0 Å². The topological polar surface area (TPSA) is 35.5 Å². The fraction of sp³-hybridized carbons (Fsp3) is 1.00. The van der Waals surface area contributed by atoms with Crippen molar-refractivity contribution in [3.8, 4) is 0 Å². The first-order valence-corrected chi connectivity index (χ1v) is 7.87. The molecule has 4 saturated carbocycles. The van der Waals surface area contributed by atoms with Crippen molar-refractivity contribution in [3.63, 3.8) is 0 Å². The average Bonchev–Trinajstić information content (AvgIpc) is 2.26. The van der Waals surface area contributed by atoms with Crippen LogP contribution in [-0.2, 0) is 13.6 Å². The Kier molecular flexibility index (Phi) is 2.51. The molecule has 4 fully saturated rings. The van der Waals surface area contributed by atoms with Crippen molar-refractivity contribution in [1.82, 2.24) is 0 Å². The molecule has 0 spiro atoms. The maximum Gasteiger partial charge on any atom is 0.336 e. The third-order valence-corrected chi connectivity index (χ3v) is 7.74. The summed E-state index contributed by atoms with van der Waals surface area (Å²) in [6.07, 6.45) is 7.26. The summed E-state index contributed by atoms with van der Waals surface area (Å²) in [4.78, 5) is 0. The second-order valence-electron chi connectivity index (χ2n) is 6.00. The van der Waals surface area contributed by atoms with E-state index < -0.39 is 7.60 Å². The minimum atomic E-state index is -2.88. The van der Waals surface area contributed by atoms with E-state index in [-0.39, 0.29) is 5.16 Å². The second kappa shape index (κ2) is 3.57. The lowest BCUT2D eigenvalue weighted by Gasteiger charge is -2.57. The largest absolute Gasteiger partial charge is 0.336 e. The van der Waals surface area contributed by atoms with Gasteiger partial charge in [-0.05, 0) is 56.3 Å². The van der Waals surface area contributed by atoms with Crippen molar-refractivity contribution in [2.75, 3.05) is 14.2 Å². The molecular formula is C12H21O3P. The molecule has 0 unspecified atom stereocenters. The van der Waals surface area contributed by atoms with Crippen LogP contribution >= 0.6 is 7.60 Å². The molecule has 4 bridgehead atoms. The summed E-state index contributed by atoms with van der Waals surface area (Å²) in [5, 5.41) is -0.134. The van der Waals surface area contributed by atoms with Crippen LogP contribution in [0.25, 0.3) is 0 Å². The molecule has 0 radical (unpaired) electrons. The van der Waals surface area contributed by atoms with E-state index in [2.05, 4.69) is 0 Å². The standard InChI is InChI=1S/C12H21O3P/c1-14-16(13,15-2)12-6-9-3-10(7-12)5-11(4-9)8-12/h9-11H,3-8H2,1-2H3. The summed E-state index contributed by atoms with van der Waals surface area (Å²) in [6.45, 7) is 0. The van der Waals surface area contributed by atoms with E-state index in [1.165, 1.54) is 19.3 Å². The SMILES string of the molecule is COP(=O)(OC)C12CC3CC(CC(C3)C1)C2. The zero-order chi connectivity index (χ0) is 11.4. The Bertz CT molecular complexity index is 296. The summed E-state index contributed by atoms with van der Waals surface area (Å²) in [5.74, 6) is 2.35. The summed E-state index contributed by atoms with van der Waals surface area (Å²) in [5.41, 5.74) is 0. The molecule has 0 N–H and O–H groups in total. The predicted molar refractivity (Wildman–Crippen MR) is 62.5 cm³/mol. The normalized spacial score (nSPS) is 46.2. The van der Waals surface area contributed by atoms with Gasteiger partial charge in [-0.15, -0.1) is 0 Å². The van der Waals surface area contributed by atoms with E-state index in [9.17, 15) is 4.57 Å². The number of rotatable bonds is 3. The molecule has 3 nitrogen and oxygen atoms in total. The molecule has 0 atom stereocenters. The van der Waals surface area contributed by atoms with Gasteiger partial charge in [0.2, 0.25) is 0 Å². The molecule has 0 aromatic heterocycles. The Hall–Kier alpha value is 0.150. The highest BCUT2D eigenvalue weighted by Gasteiger charge is 2.60. The van der Waals surface area contributed by atoms with E-state index in [0.717, 1.165) is 37.0 Å². The quantitative estimate of drug-likeness (QED) is 0.713. The van der Waals surface area contributed by atoms with Gasteiger partial charge in [0, 0.05) is 14.2 Å². The Morgan fingerprint density at radius 1 is 0.938 bits per heavy atom. The van der Waals surface area contributed by atoms with Crippen molar-refractivity contribution in [1.29, 1.82) is 0 Å². The highest BCUT2D eigenvalue weighted by Crippen LogP contribution is 2.72. The second-order valence-corrected chi connectivity index (χ2v) is 8.68. The minimum absolute atomic E-state index is 0.134. The van der Waals surface area contributed by atoms with E-state index in [4.69, 9.17) is 9.05 Å². The fourth-order valence-electron chi connectivity index (χ4n) is 4.86. The lowest BCUT2D eigenvalue weighted by atomic mass is 9.56. The Balaban J connectivity index is 1.96. The number of hydrogen-bond donors (Lipinski definition) is 0. The van der Waals surface area contributed by atoms with Crippen LogP contribution in [0.3, 0.4) is 0 Å². The molecule has 0 heterocycles. The van der Waals surface area contributed by atoms with Gasteiger partial charge >= 0.3 is 7.60 Å². The van der Waals surface area contributed by atoms with Crippen LogP contribution in [0.4, 0.5) is 0 Å². The average molecular weight is 244 g/mol. The number of hydrogen-bond acceptors (Lipinski definition) is 3. The molecule has 4 rings (SSSR count). The molecule has 0 aromatic rings. The molecule has 0 aromatic carbocycles. The van der Waals surface area contributed by atoms with Gasteiger partial charge in [-0.1, -0.05) is 0 Å². The monoisotopic (exact) mass is 244 g/mol. The third-order valence-electron chi connectivity index (χ3n) is 5.07. The predicted octanol–water partition coefficient (Wildman–Crippen LogP) is 3.44. The van der Waals surface area contributed by atoms with Gasteiger partial charge in [0.1, 0.15) is 0 Å². The van der Waals surface area contributed by atoms with E-state index >= 15 is 0 Å². The van der Waals surface area contributed by atoms with Crippen molar-refractivity contribution in [3.05, 3.63) is 0 Å². The first-order valence-electron chi connectivity index (χ1n) is 6.32. The lowest BCUT2D eigenvalue weighted by molar-refractivity contribution is 0.0191. The van der Waals surface area contributed by atoms with Crippen LogP contribution in [0.1, 0.15) is 38.5 Å². The maximum absolute atomic E-state index is 12.8. The van der Waals surface area contributed by atoms with Crippen LogP contribution in [0.15, 0.2) is 0 Å². The van der Waals surface area contributed by atoms with Crippen LogP contribution < -0.4 is 0 Å². The summed E-state index contributed by atoms with van der Waals surface area (Å²) in [6, 6.07) is 0. The first kappa shape index (κ1) is 11.3. The van der Waals surface area contributed by atoms with Gasteiger partial charge in [-0.3, -0.25) is 4.57 Å². The fourth-order valence-corrected chi connectivity index (χ4v) is 7.23. The van der Waals surface area contributed by atoms with Crippen molar-refractivity contribution < 1.29 is 13.6 Å². The molecular weight excluding hydrogens is 223 g/mol.